The quantitative estimate of drug-likeness (QED) is 0.769. The first-order valence-corrected chi connectivity index (χ1v) is 4.13. The zero-order valence-electron chi connectivity index (χ0n) is 9.27. The van der Waals surface area contributed by atoms with E-state index in [1.54, 1.807) is 6.07 Å². The van der Waals surface area contributed by atoms with Gasteiger partial charge in [0.1, 0.15) is 11.3 Å². The third kappa shape index (κ3) is 3.88. The third-order valence-corrected chi connectivity index (χ3v) is 2.09. The predicted molar refractivity (Wildman–Crippen MR) is 64.1 cm³/mol. The molecule has 72 valence electrons. The van der Waals surface area contributed by atoms with Crippen LogP contribution in [0.5, 0.6) is 5.75 Å². The van der Waals surface area contributed by atoms with Crippen molar-refractivity contribution in [3.8, 4) is 5.75 Å². The molecule has 0 saturated heterocycles. The number of rotatable bonds is 1. The molecule has 2 N–H and O–H groups in total. The first-order chi connectivity index (χ1) is 6.68. The molecule has 0 amide bonds. The summed E-state index contributed by atoms with van der Waals surface area (Å²) in [4.78, 5) is 10.7. The summed E-state index contributed by atoms with van der Waals surface area (Å²) in [5, 5.41) is 19.8. The standard InChI is InChI=1S/C11H8O3.2K/c12-10-6-8-4-2-1-3-7(8)5-9(10)11(13)14;;/h1-6,12H,(H,13,14);;. The normalized spacial score (nSPS) is 9.00. The Hall–Kier alpha value is 1.24. The monoisotopic (exact) mass is 266 g/mol. The summed E-state index contributed by atoms with van der Waals surface area (Å²) in [6.07, 6.45) is 0. The average Bonchev–Trinajstić information content (AvgIpc) is 2.16. The van der Waals surface area contributed by atoms with E-state index in [0.717, 1.165) is 10.8 Å². The summed E-state index contributed by atoms with van der Waals surface area (Å²) < 4.78 is 0. The molecular formula is C11H8K2O3. The van der Waals surface area contributed by atoms with Gasteiger partial charge in [0.25, 0.3) is 0 Å². The van der Waals surface area contributed by atoms with E-state index in [2.05, 4.69) is 0 Å². The van der Waals surface area contributed by atoms with Gasteiger partial charge in [-0.15, -0.1) is 0 Å². The topological polar surface area (TPSA) is 57.5 Å². The Bertz CT molecular complexity index is 512. The maximum atomic E-state index is 10.7. The van der Waals surface area contributed by atoms with Gasteiger partial charge in [0, 0.05) is 103 Å². The molecule has 2 rings (SSSR count). The van der Waals surface area contributed by atoms with Crippen LogP contribution in [-0.2, 0) is 0 Å². The maximum Gasteiger partial charge on any atom is 0.339 e. The molecule has 3 nitrogen and oxygen atoms in total. The van der Waals surface area contributed by atoms with Crippen molar-refractivity contribution in [2.45, 2.75) is 0 Å². The zero-order chi connectivity index (χ0) is 10.1. The molecular weight excluding hydrogens is 258 g/mol. The fraction of sp³-hybridized carbons (Fsp3) is 0. The van der Waals surface area contributed by atoms with E-state index in [4.69, 9.17) is 5.11 Å². The van der Waals surface area contributed by atoms with Gasteiger partial charge >= 0.3 is 5.97 Å². The van der Waals surface area contributed by atoms with E-state index < -0.39 is 5.97 Å². The minimum absolute atomic E-state index is 0. The van der Waals surface area contributed by atoms with Crippen molar-refractivity contribution in [2.75, 3.05) is 0 Å². The van der Waals surface area contributed by atoms with E-state index in [1.165, 1.54) is 12.1 Å². The number of carboxylic acid groups (broad SMARTS) is 1. The summed E-state index contributed by atoms with van der Waals surface area (Å²) in [5.41, 5.74) is -0.0660. The molecule has 0 unspecified atom stereocenters. The van der Waals surface area contributed by atoms with Gasteiger partial charge in [-0.05, 0) is 22.9 Å². The number of hydrogen-bond acceptors (Lipinski definition) is 2. The number of aromatic hydroxyl groups is 1. The molecule has 2 aromatic carbocycles. The second-order valence-corrected chi connectivity index (χ2v) is 3.02. The summed E-state index contributed by atoms with van der Waals surface area (Å²) in [6, 6.07) is 10.2. The Labute approximate surface area is 178 Å². The number of carboxylic acids is 1. The zero-order valence-corrected chi connectivity index (χ0v) is 15.5. The minimum Gasteiger partial charge on any atom is -0.507 e. The Kier molecular flexibility index (Phi) is 8.22. The molecule has 0 aliphatic carbocycles. The van der Waals surface area contributed by atoms with Gasteiger partial charge in [-0.3, -0.25) is 0 Å². The average molecular weight is 266 g/mol. The van der Waals surface area contributed by atoms with Crippen LogP contribution in [0.4, 0.5) is 0 Å². The molecule has 0 atom stereocenters. The minimum atomic E-state index is -1.12. The summed E-state index contributed by atoms with van der Waals surface area (Å²) in [6.45, 7) is 0. The van der Waals surface area contributed by atoms with Crippen LogP contribution in [0.2, 0.25) is 0 Å². The van der Waals surface area contributed by atoms with Crippen LogP contribution >= 0.6 is 0 Å². The fourth-order valence-corrected chi connectivity index (χ4v) is 1.40. The van der Waals surface area contributed by atoms with Gasteiger partial charge in [0.2, 0.25) is 0 Å². The Morgan fingerprint density at radius 2 is 1.50 bits per heavy atom. The maximum absolute atomic E-state index is 10.7. The summed E-state index contributed by atoms with van der Waals surface area (Å²) >= 11 is 0. The molecule has 0 bridgehead atoms. The van der Waals surface area contributed by atoms with Gasteiger partial charge in [0.05, 0.1) is 0 Å². The SMILES string of the molecule is O=C(O)c1cc2ccccc2cc1O.[K].[K]. The number of carbonyl (C=O) groups is 1. The van der Waals surface area contributed by atoms with Gasteiger partial charge in [-0.25, -0.2) is 4.79 Å². The Morgan fingerprint density at radius 3 is 2.00 bits per heavy atom. The summed E-state index contributed by atoms with van der Waals surface area (Å²) in [5.74, 6) is -1.32. The van der Waals surface area contributed by atoms with Crippen LogP contribution in [0.15, 0.2) is 36.4 Å². The van der Waals surface area contributed by atoms with Crippen molar-refractivity contribution in [1.29, 1.82) is 0 Å². The Morgan fingerprint density at radius 1 is 1.00 bits per heavy atom. The van der Waals surface area contributed by atoms with Crippen molar-refractivity contribution in [3.63, 3.8) is 0 Å². The number of hydrogen-bond donors (Lipinski definition) is 2. The number of phenols is 1. The van der Waals surface area contributed by atoms with Crippen molar-refractivity contribution in [1.82, 2.24) is 0 Å². The van der Waals surface area contributed by atoms with Gasteiger partial charge in [-0.2, -0.15) is 0 Å². The van der Waals surface area contributed by atoms with Crippen molar-refractivity contribution >= 4 is 120 Å². The van der Waals surface area contributed by atoms with Crippen LogP contribution in [0.3, 0.4) is 0 Å². The molecule has 16 heavy (non-hydrogen) atoms. The van der Waals surface area contributed by atoms with Crippen LogP contribution in [0, 0.1) is 0 Å². The van der Waals surface area contributed by atoms with E-state index in [0.29, 0.717) is 0 Å². The molecule has 0 heterocycles. The van der Waals surface area contributed by atoms with Crippen molar-refractivity contribution in [2.24, 2.45) is 0 Å². The molecule has 0 aromatic heterocycles. The number of aromatic carboxylic acids is 1. The van der Waals surface area contributed by atoms with E-state index in [-0.39, 0.29) is 114 Å². The van der Waals surface area contributed by atoms with Crippen LogP contribution in [0.25, 0.3) is 10.8 Å². The first-order valence-electron chi connectivity index (χ1n) is 4.13. The number of fused-ring (bicyclic) bond motifs is 1. The van der Waals surface area contributed by atoms with Crippen LogP contribution < -0.4 is 0 Å². The fourth-order valence-electron chi connectivity index (χ4n) is 1.40. The van der Waals surface area contributed by atoms with Gasteiger partial charge < -0.3 is 10.2 Å². The third-order valence-electron chi connectivity index (χ3n) is 2.09. The van der Waals surface area contributed by atoms with E-state index >= 15 is 0 Å². The first kappa shape index (κ1) is 17.2. The van der Waals surface area contributed by atoms with E-state index in [9.17, 15) is 9.90 Å². The molecule has 5 heteroatoms. The van der Waals surface area contributed by atoms with Gasteiger partial charge in [-0.1, -0.05) is 24.3 Å². The second-order valence-electron chi connectivity index (χ2n) is 3.02. The molecule has 0 fully saturated rings. The molecule has 2 aromatic rings. The van der Waals surface area contributed by atoms with Crippen LogP contribution in [0.1, 0.15) is 10.4 Å². The van der Waals surface area contributed by atoms with Crippen molar-refractivity contribution < 1.29 is 15.0 Å². The summed E-state index contributed by atoms with van der Waals surface area (Å²) in [7, 11) is 0. The molecule has 0 aliphatic heterocycles. The molecule has 2 radical (unpaired) electrons. The molecule has 0 aliphatic rings. The molecule has 0 spiro atoms. The van der Waals surface area contributed by atoms with Gasteiger partial charge in [0.15, 0.2) is 0 Å². The predicted octanol–water partition coefficient (Wildman–Crippen LogP) is 1.48. The second kappa shape index (κ2) is 7.63. The Balaban J connectivity index is 0.00000112. The van der Waals surface area contributed by atoms with Crippen molar-refractivity contribution in [3.05, 3.63) is 42.0 Å². The van der Waals surface area contributed by atoms with Crippen LogP contribution in [-0.4, -0.2) is 119 Å². The number of benzene rings is 2. The molecule has 0 saturated carbocycles. The smallest absolute Gasteiger partial charge is 0.339 e. The largest absolute Gasteiger partial charge is 0.507 e. The van der Waals surface area contributed by atoms with E-state index in [1.807, 2.05) is 18.2 Å².